The predicted octanol–water partition coefficient (Wildman–Crippen LogP) is 6.67. The molecule has 0 aliphatic rings. The Balaban J connectivity index is 1.67. The maximum atomic E-state index is 15.0. The van der Waals surface area contributed by atoms with E-state index >= 15 is 0 Å². The van der Waals surface area contributed by atoms with Crippen LogP contribution in [0.3, 0.4) is 0 Å². The first-order valence-corrected chi connectivity index (χ1v) is 10.6. The third kappa shape index (κ3) is 2.55. The molecule has 5 nitrogen and oxygen atoms in total. The topological polar surface area (TPSA) is 56.7 Å². The third-order valence-corrected chi connectivity index (χ3v) is 6.00. The molecular formula is C27H15FN4O. The summed E-state index contributed by atoms with van der Waals surface area (Å²) >= 11 is 0. The van der Waals surface area contributed by atoms with Crippen LogP contribution in [0.5, 0.6) is 0 Å². The van der Waals surface area contributed by atoms with Crippen molar-refractivity contribution in [3.63, 3.8) is 0 Å². The molecule has 0 amide bonds. The number of hydrogen-bond acceptors (Lipinski definition) is 4. The summed E-state index contributed by atoms with van der Waals surface area (Å²) in [5.74, 6) is 0.289. The van der Waals surface area contributed by atoms with Gasteiger partial charge in [-0.15, -0.1) is 10.2 Å². The van der Waals surface area contributed by atoms with Gasteiger partial charge in [0.05, 0.1) is 16.5 Å². The van der Waals surface area contributed by atoms with Gasteiger partial charge in [-0.2, -0.15) is 0 Å². The van der Waals surface area contributed by atoms with Crippen molar-refractivity contribution in [1.29, 1.82) is 0 Å². The maximum Gasteiger partial charge on any atom is 0.201 e. The van der Waals surface area contributed by atoms with Crippen molar-refractivity contribution in [2.75, 3.05) is 0 Å². The molecule has 0 fully saturated rings. The van der Waals surface area contributed by atoms with Gasteiger partial charge in [0.1, 0.15) is 22.5 Å². The molecule has 0 aliphatic carbocycles. The van der Waals surface area contributed by atoms with Gasteiger partial charge < -0.3 is 4.42 Å². The molecule has 7 rings (SSSR count). The van der Waals surface area contributed by atoms with Gasteiger partial charge in [-0.25, -0.2) is 9.37 Å². The zero-order valence-electron chi connectivity index (χ0n) is 17.2. The monoisotopic (exact) mass is 430 g/mol. The lowest BCUT2D eigenvalue weighted by Gasteiger charge is -2.11. The fraction of sp³-hybridized carbons (Fsp3) is 0. The zero-order chi connectivity index (χ0) is 21.9. The average Bonchev–Trinajstić information content (AvgIpc) is 3.44. The van der Waals surface area contributed by atoms with Gasteiger partial charge >= 0.3 is 0 Å². The van der Waals surface area contributed by atoms with Crippen LogP contribution in [0, 0.1) is 5.82 Å². The van der Waals surface area contributed by atoms with Gasteiger partial charge in [0.15, 0.2) is 5.82 Å². The molecule has 3 heterocycles. The molecule has 156 valence electrons. The standard InChI is InChI=1S/C27H15FN4O/c28-20-15-14-19(25-23(20)18-11-5-7-13-22(18)33-25)27-29-26-24(32(27)16-8-2-1-3-9-16)17-10-4-6-12-21(17)30-31-26/h1-15H. The van der Waals surface area contributed by atoms with Crippen molar-refractivity contribution in [3.8, 4) is 17.1 Å². The lowest BCUT2D eigenvalue weighted by molar-refractivity contribution is 0.634. The summed E-state index contributed by atoms with van der Waals surface area (Å²) in [7, 11) is 0. The van der Waals surface area contributed by atoms with E-state index < -0.39 is 0 Å². The molecular weight excluding hydrogens is 415 g/mol. The quantitative estimate of drug-likeness (QED) is 0.307. The Morgan fingerprint density at radius 3 is 2.36 bits per heavy atom. The number of rotatable bonds is 2. The Morgan fingerprint density at radius 1 is 0.727 bits per heavy atom. The average molecular weight is 430 g/mol. The number of furan rings is 1. The lowest BCUT2D eigenvalue weighted by Crippen LogP contribution is -1.99. The molecule has 0 unspecified atom stereocenters. The van der Waals surface area contributed by atoms with Crippen LogP contribution in [-0.4, -0.2) is 19.7 Å². The summed E-state index contributed by atoms with van der Waals surface area (Å²) < 4.78 is 23.2. The number of hydrogen-bond donors (Lipinski definition) is 0. The number of aromatic nitrogens is 4. The second-order valence-electron chi connectivity index (χ2n) is 7.89. The second-order valence-corrected chi connectivity index (χ2v) is 7.89. The van der Waals surface area contributed by atoms with Crippen molar-refractivity contribution in [2.24, 2.45) is 0 Å². The van der Waals surface area contributed by atoms with Gasteiger partial charge in [-0.05, 0) is 36.4 Å². The van der Waals surface area contributed by atoms with Crippen LogP contribution < -0.4 is 0 Å². The summed E-state index contributed by atoms with van der Waals surface area (Å²) in [5, 5.41) is 10.9. The number of nitrogens with zero attached hydrogens (tertiary/aromatic N) is 4. The molecule has 33 heavy (non-hydrogen) atoms. The van der Waals surface area contributed by atoms with Gasteiger partial charge in [-0.3, -0.25) is 4.57 Å². The highest BCUT2D eigenvalue weighted by molar-refractivity contribution is 6.10. The van der Waals surface area contributed by atoms with E-state index in [0.29, 0.717) is 33.6 Å². The second kappa shape index (κ2) is 6.71. The van der Waals surface area contributed by atoms with Crippen molar-refractivity contribution >= 4 is 44.0 Å². The summed E-state index contributed by atoms with van der Waals surface area (Å²) in [6.45, 7) is 0. The van der Waals surface area contributed by atoms with Gasteiger partial charge in [0, 0.05) is 16.5 Å². The van der Waals surface area contributed by atoms with Crippen molar-refractivity contribution in [3.05, 3.63) is 96.8 Å². The molecule has 0 bridgehead atoms. The van der Waals surface area contributed by atoms with Crippen LogP contribution in [0.1, 0.15) is 0 Å². The smallest absolute Gasteiger partial charge is 0.201 e. The molecule has 0 radical (unpaired) electrons. The summed E-state index contributed by atoms with van der Waals surface area (Å²) in [4.78, 5) is 4.87. The molecule has 0 atom stereocenters. The van der Waals surface area contributed by atoms with Crippen LogP contribution in [0.2, 0.25) is 0 Å². The summed E-state index contributed by atoms with van der Waals surface area (Å²) in [5.41, 5.74) is 4.83. The zero-order valence-corrected chi connectivity index (χ0v) is 17.2. The van der Waals surface area contributed by atoms with Gasteiger partial charge in [0.25, 0.3) is 0 Å². The highest BCUT2D eigenvalue weighted by atomic mass is 19.1. The summed E-state index contributed by atoms with van der Waals surface area (Å²) in [6, 6.07) is 28.5. The van der Waals surface area contributed by atoms with E-state index in [2.05, 4.69) is 10.2 Å². The van der Waals surface area contributed by atoms with Crippen LogP contribution in [0.25, 0.3) is 61.1 Å². The normalized spacial score (nSPS) is 11.8. The molecule has 0 aliphatic heterocycles. The molecule has 0 N–H and O–H groups in total. The Kier molecular flexibility index (Phi) is 3.67. The van der Waals surface area contributed by atoms with Gasteiger partial charge in [-0.1, -0.05) is 54.6 Å². The number of fused-ring (bicyclic) bond motifs is 6. The van der Waals surface area contributed by atoms with E-state index in [-0.39, 0.29) is 5.82 Å². The fourth-order valence-electron chi connectivity index (χ4n) is 4.56. The highest BCUT2D eigenvalue weighted by Crippen LogP contribution is 2.39. The molecule has 3 aromatic heterocycles. The molecule has 0 saturated carbocycles. The SMILES string of the molecule is Fc1ccc(-c2nc3nnc4ccccc4c3n2-c2ccccc2)c2oc3ccccc3c12. The summed E-state index contributed by atoms with van der Waals surface area (Å²) in [6.07, 6.45) is 0. The first-order valence-electron chi connectivity index (χ1n) is 10.6. The minimum atomic E-state index is -0.327. The Bertz CT molecular complexity index is 1840. The largest absolute Gasteiger partial charge is 0.455 e. The van der Waals surface area contributed by atoms with Crippen LogP contribution in [0.4, 0.5) is 4.39 Å². The van der Waals surface area contributed by atoms with Crippen LogP contribution >= 0.6 is 0 Å². The van der Waals surface area contributed by atoms with Gasteiger partial charge in [0.2, 0.25) is 5.65 Å². The number of benzene rings is 4. The number of para-hydroxylation sites is 2. The van der Waals surface area contributed by atoms with E-state index in [1.54, 1.807) is 6.07 Å². The number of imidazole rings is 1. The van der Waals surface area contributed by atoms with Crippen LogP contribution in [-0.2, 0) is 0 Å². The minimum Gasteiger partial charge on any atom is -0.455 e. The van der Waals surface area contributed by atoms with Crippen molar-refractivity contribution in [2.45, 2.75) is 0 Å². The molecule has 6 heteroatoms. The fourth-order valence-corrected chi connectivity index (χ4v) is 4.56. The van der Waals surface area contributed by atoms with Crippen molar-refractivity contribution in [1.82, 2.24) is 19.7 Å². The number of halogens is 1. The maximum absolute atomic E-state index is 15.0. The first kappa shape index (κ1) is 18.0. The Hall–Kier alpha value is -4.58. The van der Waals surface area contributed by atoms with E-state index in [9.17, 15) is 4.39 Å². The van der Waals surface area contributed by atoms with E-state index in [1.807, 2.05) is 83.4 Å². The highest BCUT2D eigenvalue weighted by Gasteiger charge is 2.23. The third-order valence-electron chi connectivity index (χ3n) is 6.00. The molecule has 7 aromatic rings. The van der Waals surface area contributed by atoms with Crippen molar-refractivity contribution < 1.29 is 8.81 Å². The van der Waals surface area contributed by atoms with E-state index in [0.717, 1.165) is 27.5 Å². The predicted molar refractivity (Wildman–Crippen MR) is 127 cm³/mol. The van der Waals surface area contributed by atoms with E-state index in [1.165, 1.54) is 6.07 Å². The first-order chi connectivity index (χ1) is 16.3. The molecule has 4 aromatic carbocycles. The molecule has 0 spiro atoms. The Labute approximate surface area is 186 Å². The molecule has 0 saturated heterocycles. The Morgan fingerprint density at radius 2 is 1.48 bits per heavy atom. The van der Waals surface area contributed by atoms with E-state index in [4.69, 9.17) is 9.40 Å². The minimum absolute atomic E-state index is 0.327. The van der Waals surface area contributed by atoms with Crippen LogP contribution in [0.15, 0.2) is 95.4 Å². The lowest BCUT2D eigenvalue weighted by atomic mass is 10.1.